The van der Waals surface area contributed by atoms with Gasteiger partial charge in [-0.25, -0.2) is 0 Å². The van der Waals surface area contributed by atoms with Gasteiger partial charge in [0.05, 0.1) is 0 Å². The molecule has 0 heteroatoms. The summed E-state index contributed by atoms with van der Waals surface area (Å²) in [6.07, 6.45) is 14.5. The van der Waals surface area contributed by atoms with Gasteiger partial charge in [0, 0.05) is 0 Å². The van der Waals surface area contributed by atoms with Crippen LogP contribution in [0.15, 0.2) is 0 Å². The van der Waals surface area contributed by atoms with Gasteiger partial charge < -0.3 is 0 Å². The van der Waals surface area contributed by atoms with Crippen molar-refractivity contribution in [1.82, 2.24) is 0 Å². The second-order valence-electron chi connectivity index (χ2n) is 7.11. The molecule has 0 aromatic rings. The normalized spacial score (nSPS) is 56.8. The summed E-state index contributed by atoms with van der Waals surface area (Å²) < 4.78 is 0. The SMILES string of the molecule is C1CC2CC1CC2CC1CC2CCC1C2. The Bertz CT molecular complexity index is 231. The molecule has 0 aromatic carbocycles. The average molecular weight is 204 g/mol. The third-order valence-corrected chi connectivity index (χ3v) is 6.37. The third kappa shape index (κ3) is 1.40. The maximum atomic E-state index is 1.64. The molecule has 0 spiro atoms. The van der Waals surface area contributed by atoms with Crippen molar-refractivity contribution in [2.45, 2.75) is 57.8 Å². The lowest BCUT2D eigenvalue weighted by molar-refractivity contribution is 0.217. The van der Waals surface area contributed by atoms with Crippen molar-refractivity contribution in [1.29, 1.82) is 0 Å². The molecule has 0 nitrogen and oxygen atoms in total. The minimum atomic E-state index is 1.17. The van der Waals surface area contributed by atoms with Gasteiger partial charge in [-0.2, -0.15) is 0 Å². The Morgan fingerprint density at radius 2 is 1.13 bits per heavy atom. The van der Waals surface area contributed by atoms with Crippen LogP contribution in [0.1, 0.15) is 57.8 Å². The first kappa shape index (κ1) is 9.07. The van der Waals surface area contributed by atoms with Gasteiger partial charge in [-0.15, -0.1) is 0 Å². The average Bonchev–Trinajstić information content (AvgIpc) is 2.96. The molecule has 4 aliphatic rings. The van der Waals surface area contributed by atoms with Crippen LogP contribution >= 0.6 is 0 Å². The van der Waals surface area contributed by atoms with E-state index in [1.807, 2.05) is 0 Å². The summed E-state index contributed by atoms with van der Waals surface area (Å²) in [4.78, 5) is 0. The lowest BCUT2D eigenvalue weighted by Gasteiger charge is -2.29. The first-order valence-electron chi connectivity index (χ1n) is 7.38. The smallest absolute Gasteiger partial charge is 0.0380 e. The molecule has 0 saturated heterocycles. The molecule has 0 aliphatic heterocycles. The number of fused-ring (bicyclic) bond motifs is 4. The molecule has 4 rings (SSSR count). The van der Waals surface area contributed by atoms with E-state index in [0.717, 1.165) is 0 Å². The van der Waals surface area contributed by atoms with Gasteiger partial charge in [-0.05, 0) is 80.5 Å². The van der Waals surface area contributed by atoms with Gasteiger partial charge in [0.15, 0.2) is 0 Å². The maximum absolute atomic E-state index is 1.64. The van der Waals surface area contributed by atoms with E-state index in [4.69, 9.17) is 0 Å². The van der Waals surface area contributed by atoms with E-state index in [1.165, 1.54) is 35.5 Å². The molecule has 4 fully saturated rings. The first-order valence-corrected chi connectivity index (χ1v) is 7.38. The largest absolute Gasteiger partial charge is 0.0502 e. The van der Waals surface area contributed by atoms with Crippen molar-refractivity contribution in [2.75, 3.05) is 0 Å². The lowest BCUT2D eigenvalue weighted by atomic mass is 9.77. The lowest BCUT2D eigenvalue weighted by Crippen LogP contribution is -2.19. The van der Waals surface area contributed by atoms with Gasteiger partial charge in [-0.3, -0.25) is 0 Å². The molecule has 15 heavy (non-hydrogen) atoms. The molecule has 0 heterocycles. The van der Waals surface area contributed by atoms with Crippen molar-refractivity contribution in [2.24, 2.45) is 35.5 Å². The highest BCUT2D eigenvalue weighted by Crippen LogP contribution is 2.55. The molecule has 0 N–H and O–H groups in total. The van der Waals surface area contributed by atoms with Gasteiger partial charge in [0.25, 0.3) is 0 Å². The molecule has 0 amide bonds. The molecular formula is C15H24. The van der Waals surface area contributed by atoms with Crippen molar-refractivity contribution in [3.05, 3.63) is 0 Å². The zero-order valence-electron chi connectivity index (χ0n) is 9.83. The van der Waals surface area contributed by atoms with Gasteiger partial charge in [0.1, 0.15) is 0 Å². The van der Waals surface area contributed by atoms with E-state index in [2.05, 4.69) is 0 Å². The molecule has 4 bridgehead atoms. The van der Waals surface area contributed by atoms with E-state index < -0.39 is 0 Å². The van der Waals surface area contributed by atoms with Gasteiger partial charge in [0.2, 0.25) is 0 Å². The summed E-state index contributed by atoms with van der Waals surface area (Å²) in [5.41, 5.74) is 0. The number of hydrogen-bond donors (Lipinski definition) is 0. The Kier molecular flexibility index (Phi) is 1.96. The van der Waals surface area contributed by atoms with Crippen LogP contribution in [0.4, 0.5) is 0 Å². The Hall–Kier alpha value is 0. The van der Waals surface area contributed by atoms with Crippen molar-refractivity contribution in [3.63, 3.8) is 0 Å². The zero-order valence-corrected chi connectivity index (χ0v) is 9.83. The molecule has 4 aliphatic carbocycles. The van der Waals surface area contributed by atoms with Crippen molar-refractivity contribution in [3.8, 4) is 0 Å². The van der Waals surface area contributed by atoms with Crippen LogP contribution in [0, 0.1) is 35.5 Å². The summed E-state index contributed by atoms with van der Waals surface area (Å²) in [6.45, 7) is 0. The highest BCUT2D eigenvalue weighted by molar-refractivity contribution is 4.95. The van der Waals surface area contributed by atoms with Crippen LogP contribution in [-0.2, 0) is 0 Å². The fourth-order valence-corrected chi connectivity index (χ4v) is 5.72. The van der Waals surface area contributed by atoms with Crippen molar-refractivity contribution < 1.29 is 0 Å². The fraction of sp³-hybridized carbons (Fsp3) is 1.00. The van der Waals surface area contributed by atoms with Crippen LogP contribution in [0.5, 0.6) is 0 Å². The molecule has 0 aromatic heterocycles. The summed E-state index contributed by atoms with van der Waals surface area (Å²) >= 11 is 0. The standard InChI is InChI=1S/C15H24/c1-3-12-5-10(1)7-14(12)9-15-8-11-2-4-13(15)6-11/h10-15H,1-9H2. The molecule has 0 radical (unpaired) electrons. The van der Waals surface area contributed by atoms with Crippen LogP contribution in [0.2, 0.25) is 0 Å². The Labute approximate surface area is 93.8 Å². The molecule has 6 atom stereocenters. The molecule has 4 saturated carbocycles. The summed E-state index contributed by atoms with van der Waals surface area (Å²) in [6, 6.07) is 0. The predicted octanol–water partition coefficient (Wildman–Crippen LogP) is 4.25. The quantitative estimate of drug-likeness (QED) is 0.631. The van der Waals surface area contributed by atoms with Gasteiger partial charge >= 0.3 is 0 Å². The zero-order chi connectivity index (χ0) is 9.83. The maximum Gasteiger partial charge on any atom is -0.0380 e. The van der Waals surface area contributed by atoms with E-state index >= 15 is 0 Å². The summed E-state index contributed by atoms with van der Waals surface area (Å²) in [5, 5.41) is 0. The van der Waals surface area contributed by atoms with Gasteiger partial charge in [-0.1, -0.05) is 12.8 Å². The first-order chi connectivity index (χ1) is 7.38. The molecule has 6 unspecified atom stereocenters. The minimum absolute atomic E-state index is 1.17. The minimum Gasteiger partial charge on any atom is -0.0502 e. The number of hydrogen-bond acceptors (Lipinski definition) is 0. The Morgan fingerprint density at radius 1 is 0.600 bits per heavy atom. The number of rotatable bonds is 2. The van der Waals surface area contributed by atoms with E-state index in [-0.39, 0.29) is 0 Å². The van der Waals surface area contributed by atoms with Crippen molar-refractivity contribution >= 4 is 0 Å². The Balaban J connectivity index is 1.40. The van der Waals surface area contributed by atoms with Crippen LogP contribution in [0.25, 0.3) is 0 Å². The Morgan fingerprint density at radius 3 is 1.47 bits per heavy atom. The van der Waals surface area contributed by atoms with Crippen LogP contribution < -0.4 is 0 Å². The summed E-state index contributed by atoms with van der Waals surface area (Å²) in [5.74, 6) is 7.03. The molecular weight excluding hydrogens is 180 g/mol. The van der Waals surface area contributed by atoms with E-state index in [9.17, 15) is 0 Å². The second-order valence-corrected chi connectivity index (χ2v) is 7.11. The highest BCUT2D eigenvalue weighted by Gasteiger charge is 2.44. The van der Waals surface area contributed by atoms with Crippen LogP contribution in [0.3, 0.4) is 0 Å². The fourth-order valence-electron chi connectivity index (χ4n) is 5.72. The van der Waals surface area contributed by atoms with E-state index in [1.54, 1.807) is 57.8 Å². The second kappa shape index (κ2) is 3.25. The topological polar surface area (TPSA) is 0 Å². The molecule has 84 valence electrons. The highest BCUT2D eigenvalue weighted by atomic mass is 14.5. The van der Waals surface area contributed by atoms with E-state index in [0.29, 0.717) is 0 Å². The third-order valence-electron chi connectivity index (χ3n) is 6.37. The van der Waals surface area contributed by atoms with Crippen LogP contribution in [-0.4, -0.2) is 0 Å². The predicted molar refractivity (Wildman–Crippen MR) is 62.5 cm³/mol. The summed E-state index contributed by atoms with van der Waals surface area (Å²) in [7, 11) is 0. The monoisotopic (exact) mass is 204 g/mol.